The van der Waals surface area contributed by atoms with Gasteiger partial charge in [0.15, 0.2) is 5.96 Å². The van der Waals surface area contributed by atoms with Gasteiger partial charge in [-0.05, 0) is 60.1 Å². The first kappa shape index (κ1) is 20.8. The molecule has 0 aliphatic carbocycles. The second kappa shape index (κ2) is 8.93. The van der Waals surface area contributed by atoms with Crippen LogP contribution in [0.4, 0.5) is 0 Å². The van der Waals surface area contributed by atoms with Gasteiger partial charge in [-0.2, -0.15) is 0 Å². The van der Waals surface area contributed by atoms with Crippen molar-refractivity contribution < 1.29 is 9.15 Å². The van der Waals surface area contributed by atoms with Crippen LogP contribution in [0.15, 0.2) is 27.6 Å². The molecule has 0 spiro atoms. The summed E-state index contributed by atoms with van der Waals surface area (Å²) in [7, 11) is 0. The third-order valence-corrected chi connectivity index (χ3v) is 3.87. The summed E-state index contributed by atoms with van der Waals surface area (Å²) in [4.78, 5) is 9.09. The van der Waals surface area contributed by atoms with Crippen molar-refractivity contribution in [2.24, 2.45) is 4.99 Å². The van der Waals surface area contributed by atoms with Crippen LogP contribution in [-0.4, -0.2) is 23.1 Å². The van der Waals surface area contributed by atoms with E-state index in [9.17, 15) is 0 Å². The van der Waals surface area contributed by atoms with E-state index < -0.39 is 0 Å². The number of oxazole rings is 1. The Bertz CT molecular complexity index is 768. The molecule has 0 unspecified atom stereocenters. The molecule has 2 N–H and O–H groups in total. The normalized spacial score (nSPS) is 12.2. The molecule has 27 heavy (non-hydrogen) atoms. The molecule has 1 heterocycles. The van der Waals surface area contributed by atoms with Crippen LogP contribution in [0.1, 0.15) is 56.2 Å². The van der Waals surface area contributed by atoms with E-state index in [1.165, 1.54) is 5.56 Å². The number of nitrogens with zero attached hydrogens (tertiary/aromatic N) is 2. The van der Waals surface area contributed by atoms with E-state index in [1.54, 1.807) is 0 Å². The Kier molecular flexibility index (Phi) is 6.88. The predicted octanol–water partition coefficient (Wildman–Crippen LogP) is 4.03. The number of aryl methyl sites for hydroxylation is 3. The Hall–Kier alpha value is -2.50. The molecule has 0 fully saturated rings. The lowest BCUT2D eigenvalue weighted by Crippen LogP contribution is -2.36. The minimum Gasteiger partial charge on any atom is -0.488 e. The summed E-state index contributed by atoms with van der Waals surface area (Å²) in [6.07, 6.45) is 0. The maximum atomic E-state index is 6.12. The maximum Gasteiger partial charge on any atom is 0.214 e. The number of rotatable bonds is 6. The maximum absolute atomic E-state index is 6.12. The van der Waals surface area contributed by atoms with Crippen molar-refractivity contribution in [3.05, 3.63) is 46.7 Å². The first-order valence-corrected chi connectivity index (χ1v) is 9.41. The fraction of sp³-hybridized carbons (Fsp3) is 0.524. The number of ether oxygens (including phenoxy) is 1. The number of nitrogens with one attached hydrogen (secondary N) is 2. The number of guanidine groups is 1. The Balaban J connectivity index is 2.11. The van der Waals surface area contributed by atoms with E-state index in [2.05, 4.69) is 40.7 Å². The Labute approximate surface area is 162 Å². The number of hydrogen-bond donors (Lipinski definition) is 2. The topological polar surface area (TPSA) is 71.7 Å². The van der Waals surface area contributed by atoms with Crippen molar-refractivity contribution in [2.75, 3.05) is 6.54 Å². The number of aromatic nitrogens is 1. The smallest absolute Gasteiger partial charge is 0.214 e. The zero-order valence-corrected chi connectivity index (χ0v) is 17.6. The highest BCUT2D eigenvalue weighted by Crippen LogP contribution is 2.25. The van der Waals surface area contributed by atoms with Crippen LogP contribution in [0.3, 0.4) is 0 Å². The molecular weight excluding hydrogens is 340 g/mol. The minimum absolute atomic E-state index is 0.254. The minimum atomic E-state index is -0.254. The van der Waals surface area contributed by atoms with Crippen molar-refractivity contribution in [3.63, 3.8) is 0 Å². The van der Waals surface area contributed by atoms with E-state index in [4.69, 9.17) is 14.1 Å². The van der Waals surface area contributed by atoms with Crippen molar-refractivity contribution in [3.8, 4) is 5.75 Å². The summed E-state index contributed by atoms with van der Waals surface area (Å²) >= 11 is 0. The predicted molar refractivity (Wildman–Crippen MR) is 109 cm³/mol. The van der Waals surface area contributed by atoms with Gasteiger partial charge < -0.3 is 19.8 Å². The number of benzene rings is 1. The first-order valence-electron chi connectivity index (χ1n) is 9.41. The van der Waals surface area contributed by atoms with Crippen LogP contribution in [0.25, 0.3) is 0 Å². The van der Waals surface area contributed by atoms with Crippen LogP contribution >= 0.6 is 0 Å². The number of hydrogen-bond acceptors (Lipinski definition) is 4. The van der Waals surface area contributed by atoms with Crippen LogP contribution in [0.5, 0.6) is 5.75 Å². The van der Waals surface area contributed by atoms with E-state index in [0.717, 1.165) is 29.3 Å². The average molecular weight is 373 g/mol. The fourth-order valence-electron chi connectivity index (χ4n) is 2.50. The molecule has 6 heteroatoms. The van der Waals surface area contributed by atoms with Gasteiger partial charge in [0.05, 0.1) is 18.8 Å². The van der Waals surface area contributed by atoms with Gasteiger partial charge in [-0.3, -0.25) is 0 Å². The summed E-state index contributed by atoms with van der Waals surface area (Å²) in [6.45, 7) is 15.9. The lowest BCUT2D eigenvalue weighted by Gasteiger charge is -2.23. The van der Waals surface area contributed by atoms with E-state index in [-0.39, 0.29) is 5.60 Å². The third-order valence-electron chi connectivity index (χ3n) is 3.87. The summed E-state index contributed by atoms with van der Waals surface area (Å²) in [6, 6.07) is 6.22. The molecule has 2 aromatic rings. The standard InChI is InChI=1S/C21H32N4O2/c1-8-22-20(24-13-19-25-15(3)16(4)26-19)23-12-17-10-9-14(2)11-18(17)27-21(5,6)7/h9-11H,8,12-13H2,1-7H3,(H2,22,23,24). The summed E-state index contributed by atoms with van der Waals surface area (Å²) < 4.78 is 11.7. The molecule has 0 saturated heterocycles. The number of aliphatic imine (C=N–C) groups is 1. The van der Waals surface area contributed by atoms with E-state index in [0.29, 0.717) is 24.9 Å². The highest BCUT2D eigenvalue weighted by Gasteiger charge is 2.15. The molecule has 0 radical (unpaired) electrons. The zero-order chi connectivity index (χ0) is 20.0. The van der Waals surface area contributed by atoms with Crippen LogP contribution in [-0.2, 0) is 13.1 Å². The van der Waals surface area contributed by atoms with Crippen LogP contribution < -0.4 is 15.4 Å². The summed E-state index contributed by atoms with van der Waals surface area (Å²) in [5.74, 6) is 3.09. The molecule has 1 aromatic heterocycles. The lowest BCUT2D eigenvalue weighted by molar-refractivity contribution is 0.129. The molecule has 2 rings (SSSR count). The van der Waals surface area contributed by atoms with Crippen molar-refractivity contribution in [1.82, 2.24) is 15.6 Å². The van der Waals surface area contributed by atoms with Crippen molar-refractivity contribution >= 4 is 5.96 Å². The van der Waals surface area contributed by atoms with E-state index >= 15 is 0 Å². The largest absolute Gasteiger partial charge is 0.488 e. The van der Waals surface area contributed by atoms with Gasteiger partial charge in [0.2, 0.25) is 5.89 Å². The molecule has 0 atom stereocenters. The third kappa shape index (κ3) is 6.62. The first-order chi connectivity index (χ1) is 12.7. The van der Waals surface area contributed by atoms with Gasteiger partial charge in [-0.25, -0.2) is 9.98 Å². The molecule has 148 valence electrons. The molecule has 0 bridgehead atoms. The average Bonchev–Trinajstić information content (AvgIpc) is 2.88. The van der Waals surface area contributed by atoms with E-state index in [1.807, 2.05) is 41.5 Å². The SMILES string of the molecule is CCNC(=NCc1ccc(C)cc1OC(C)(C)C)NCc1nc(C)c(C)o1. The Morgan fingerprint density at radius 2 is 1.93 bits per heavy atom. The fourth-order valence-corrected chi connectivity index (χ4v) is 2.50. The van der Waals surface area contributed by atoms with Gasteiger partial charge in [-0.1, -0.05) is 12.1 Å². The van der Waals surface area contributed by atoms with Crippen LogP contribution in [0.2, 0.25) is 0 Å². The van der Waals surface area contributed by atoms with Gasteiger partial charge in [-0.15, -0.1) is 0 Å². The molecule has 0 amide bonds. The zero-order valence-electron chi connectivity index (χ0n) is 17.6. The van der Waals surface area contributed by atoms with Gasteiger partial charge in [0, 0.05) is 12.1 Å². The second-order valence-electron chi connectivity index (χ2n) is 7.62. The molecule has 1 aromatic carbocycles. The van der Waals surface area contributed by atoms with Crippen molar-refractivity contribution in [2.45, 2.75) is 67.2 Å². The van der Waals surface area contributed by atoms with Gasteiger partial charge in [0.1, 0.15) is 17.1 Å². The highest BCUT2D eigenvalue weighted by atomic mass is 16.5. The Morgan fingerprint density at radius 1 is 1.19 bits per heavy atom. The quantitative estimate of drug-likeness (QED) is 0.592. The lowest BCUT2D eigenvalue weighted by atomic mass is 10.1. The molecular formula is C21H32N4O2. The van der Waals surface area contributed by atoms with Gasteiger partial charge in [0.25, 0.3) is 0 Å². The highest BCUT2D eigenvalue weighted by molar-refractivity contribution is 5.79. The van der Waals surface area contributed by atoms with Gasteiger partial charge >= 0.3 is 0 Å². The van der Waals surface area contributed by atoms with Crippen molar-refractivity contribution in [1.29, 1.82) is 0 Å². The molecule has 0 aliphatic rings. The summed E-state index contributed by atoms with van der Waals surface area (Å²) in [5, 5.41) is 6.52. The second-order valence-corrected chi connectivity index (χ2v) is 7.62. The molecule has 0 aliphatic heterocycles. The summed E-state index contributed by atoms with van der Waals surface area (Å²) in [5.41, 5.74) is 2.88. The van der Waals surface area contributed by atoms with Crippen LogP contribution in [0, 0.1) is 20.8 Å². The monoisotopic (exact) mass is 372 g/mol. The molecule has 6 nitrogen and oxygen atoms in total. The molecule has 0 saturated carbocycles. The Morgan fingerprint density at radius 3 is 2.52 bits per heavy atom.